The smallest absolute Gasteiger partial charge is 0.238 e. The Balaban J connectivity index is 2.03. The van der Waals surface area contributed by atoms with Crippen molar-refractivity contribution >= 4 is 5.91 Å². The molecular formula is C15H23N3O2. The van der Waals surface area contributed by atoms with E-state index < -0.39 is 0 Å². The minimum Gasteiger partial charge on any atom is -0.380 e. The lowest BCUT2D eigenvalue weighted by Gasteiger charge is -2.32. The number of nitrogens with zero attached hydrogens (tertiary/aromatic N) is 1. The molecule has 1 fully saturated rings. The third-order valence-electron chi connectivity index (χ3n) is 3.82. The zero-order chi connectivity index (χ0) is 14.4. The van der Waals surface area contributed by atoms with Gasteiger partial charge in [-0.2, -0.15) is 0 Å². The van der Waals surface area contributed by atoms with Crippen LogP contribution < -0.4 is 11.3 Å². The van der Waals surface area contributed by atoms with Crippen molar-refractivity contribution in [1.29, 1.82) is 0 Å². The molecule has 0 aliphatic carbocycles. The molecule has 1 heterocycles. The molecule has 1 atom stereocenters. The number of amides is 1. The summed E-state index contributed by atoms with van der Waals surface area (Å²) < 4.78 is 5.45. The molecular weight excluding hydrogens is 254 g/mol. The Hall–Kier alpha value is -1.43. The molecule has 0 bridgehead atoms. The Morgan fingerprint density at radius 1 is 1.45 bits per heavy atom. The van der Waals surface area contributed by atoms with Crippen LogP contribution in [-0.2, 0) is 22.5 Å². The Bertz CT molecular complexity index is 450. The van der Waals surface area contributed by atoms with E-state index in [1.165, 1.54) is 5.56 Å². The first kappa shape index (κ1) is 15.0. The molecule has 0 spiro atoms. The van der Waals surface area contributed by atoms with Crippen molar-refractivity contribution in [1.82, 2.24) is 10.3 Å². The van der Waals surface area contributed by atoms with Gasteiger partial charge in [-0.15, -0.1) is 0 Å². The predicted molar refractivity (Wildman–Crippen MR) is 77.8 cm³/mol. The van der Waals surface area contributed by atoms with Gasteiger partial charge < -0.3 is 4.74 Å². The average Bonchev–Trinajstić information content (AvgIpc) is 2.49. The van der Waals surface area contributed by atoms with E-state index in [1.807, 2.05) is 18.2 Å². The second-order valence-corrected chi connectivity index (χ2v) is 5.25. The van der Waals surface area contributed by atoms with Gasteiger partial charge in [-0.1, -0.05) is 24.3 Å². The molecule has 1 unspecified atom stereocenters. The molecule has 5 heteroatoms. The van der Waals surface area contributed by atoms with E-state index in [2.05, 4.69) is 16.4 Å². The number of piperidine rings is 1. The van der Waals surface area contributed by atoms with Gasteiger partial charge in [-0.05, 0) is 30.5 Å². The van der Waals surface area contributed by atoms with E-state index >= 15 is 0 Å². The summed E-state index contributed by atoms with van der Waals surface area (Å²) in [5, 5.41) is 0. The Morgan fingerprint density at radius 3 is 2.90 bits per heavy atom. The van der Waals surface area contributed by atoms with Crippen LogP contribution >= 0.6 is 0 Å². The van der Waals surface area contributed by atoms with Gasteiger partial charge in [0.1, 0.15) is 0 Å². The minimum atomic E-state index is -0.161. The van der Waals surface area contributed by atoms with Gasteiger partial charge in [-0.3, -0.25) is 15.1 Å². The van der Waals surface area contributed by atoms with Gasteiger partial charge >= 0.3 is 0 Å². The summed E-state index contributed by atoms with van der Waals surface area (Å²) in [5.41, 5.74) is 4.41. The van der Waals surface area contributed by atoms with E-state index in [4.69, 9.17) is 10.6 Å². The lowest BCUT2D eigenvalue weighted by atomic mass is 10.0. The van der Waals surface area contributed by atoms with Crippen LogP contribution in [0, 0.1) is 0 Å². The summed E-state index contributed by atoms with van der Waals surface area (Å²) >= 11 is 0. The third kappa shape index (κ3) is 4.03. The van der Waals surface area contributed by atoms with Crippen LogP contribution in [0.25, 0.3) is 0 Å². The largest absolute Gasteiger partial charge is 0.380 e. The zero-order valence-corrected chi connectivity index (χ0v) is 12.0. The number of hydrazine groups is 1. The number of nitrogens with one attached hydrogen (secondary N) is 1. The number of methoxy groups -OCH3 is 1. The molecule has 5 nitrogen and oxygen atoms in total. The summed E-state index contributed by atoms with van der Waals surface area (Å²) in [4.78, 5) is 13.8. The maximum Gasteiger partial charge on any atom is 0.238 e. The van der Waals surface area contributed by atoms with Crippen LogP contribution in [0.3, 0.4) is 0 Å². The van der Waals surface area contributed by atoms with Crippen LogP contribution in [0.2, 0.25) is 0 Å². The summed E-state index contributed by atoms with van der Waals surface area (Å²) in [6, 6.07) is 8.03. The summed E-state index contributed by atoms with van der Waals surface area (Å²) in [7, 11) is 1.77. The highest BCUT2D eigenvalue weighted by Crippen LogP contribution is 2.18. The quantitative estimate of drug-likeness (QED) is 0.475. The normalized spacial score (nSPS) is 19.8. The first-order chi connectivity index (χ1) is 9.72. The van der Waals surface area contributed by atoms with Crippen LogP contribution in [0.4, 0.5) is 0 Å². The molecule has 110 valence electrons. The summed E-state index contributed by atoms with van der Waals surface area (Å²) in [6.07, 6.45) is 2.94. The first-order valence-corrected chi connectivity index (χ1v) is 7.04. The topological polar surface area (TPSA) is 67.6 Å². The van der Waals surface area contributed by atoms with Crippen molar-refractivity contribution in [3.63, 3.8) is 0 Å². The van der Waals surface area contributed by atoms with Gasteiger partial charge in [0.25, 0.3) is 0 Å². The van der Waals surface area contributed by atoms with Crippen molar-refractivity contribution in [3.05, 3.63) is 35.4 Å². The maximum absolute atomic E-state index is 11.5. The fourth-order valence-electron chi connectivity index (χ4n) is 2.70. The second kappa shape index (κ2) is 7.38. The molecule has 1 aromatic rings. The van der Waals surface area contributed by atoms with Crippen molar-refractivity contribution in [3.8, 4) is 0 Å². The van der Waals surface area contributed by atoms with E-state index in [9.17, 15) is 4.79 Å². The van der Waals surface area contributed by atoms with Crippen LogP contribution in [0.15, 0.2) is 24.3 Å². The highest BCUT2D eigenvalue weighted by atomic mass is 16.5. The van der Waals surface area contributed by atoms with Gasteiger partial charge in [0.2, 0.25) is 5.91 Å². The van der Waals surface area contributed by atoms with E-state index in [0.717, 1.165) is 38.0 Å². The van der Waals surface area contributed by atoms with E-state index in [1.54, 1.807) is 7.11 Å². The molecule has 1 aliphatic rings. The van der Waals surface area contributed by atoms with E-state index in [-0.39, 0.29) is 5.91 Å². The number of ether oxygens (including phenoxy) is 1. The standard InChI is InChI=1S/C15H23N3O2/c1-20-14-7-4-8-18(11-14)10-13-6-3-2-5-12(13)9-15(19)17-16/h2-3,5-6,14H,4,7-11,16H2,1H3,(H,17,19). The number of carbonyl (C=O) groups is 1. The molecule has 0 saturated carbocycles. The number of hydrogen-bond acceptors (Lipinski definition) is 4. The average molecular weight is 277 g/mol. The second-order valence-electron chi connectivity index (χ2n) is 5.25. The Morgan fingerprint density at radius 2 is 2.20 bits per heavy atom. The molecule has 0 aromatic heterocycles. The number of benzene rings is 1. The maximum atomic E-state index is 11.5. The van der Waals surface area contributed by atoms with Crippen molar-refractivity contribution in [2.75, 3.05) is 20.2 Å². The number of nitrogens with two attached hydrogens (primary N) is 1. The van der Waals surface area contributed by atoms with Gasteiger partial charge in [0.05, 0.1) is 12.5 Å². The molecule has 2 rings (SSSR count). The molecule has 1 aromatic carbocycles. The van der Waals surface area contributed by atoms with Crippen molar-refractivity contribution < 1.29 is 9.53 Å². The molecule has 0 radical (unpaired) electrons. The molecule has 1 aliphatic heterocycles. The monoisotopic (exact) mass is 277 g/mol. The lowest BCUT2D eigenvalue weighted by molar-refractivity contribution is -0.120. The van der Waals surface area contributed by atoms with Crippen LogP contribution in [0.1, 0.15) is 24.0 Å². The van der Waals surface area contributed by atoms with Gasteiger partial charge in [0, 0.05) is 20.2 Å². The van der Waals surface area contributed by atoms with Gasteiger partial charge in [0.15, 0.2) is 0 Å². The number of likely N-dealkylation sites (tertiary alicyclic amines) is 1. The Kier molecular flexibility index (Phi) is 5.52. The van der Waals surface area contributed by atoms with E-state index in [0.29, 0.717) is 12.5 Å². The molecule has 1 amide bonds. The molecule has 3 N–H and O–H groups in total. The zero-order valence-electron chi connectivity index (χ0n) is 12.0. The SMILES string of the molecule is COC1CCCN(Cc2ccccc2CC(=O)NN)C1. The van der Waals surface area contributed by atoms with Gasteiger partial charge in [-0.25, -0.2) is 5.84 Å². The van der Waals surface area contributed by atoms with Crippen LogP contribution in [0.5, 0.6) is 0 Å². The lowest BCUT2D eigenvalue weighted by Crippen LogP contribution is -2.39. The fraction of sp³-hybridized carbons (Fsp3) is 0.533. The van der Waals surface area contributed by atoms with Crippen molar-refractivity contribution in [2.45, 2.75) is 31.9 Å². The first-order valence-electron chi connectivity index (χ1n) is 7.04. The van der Waals surface area contributed by atoms with Crippen molar-refractivity contribution in [2.24, 2.45) is 5.84 Å². The predicted octanol–water partition coefficient (Wildman–Crippen LogP) is 0.830. The van der Waals surface area contributed by atoms with Crippen LogP contribution in [-0.4, -0.2) is 37.1 Å². The summed E-state index contributed by atoms with van der Waals surface area (Å²) in [5.74, 6) is 5.00. The molecule has 1 saturated heterocycles. The number of hydrogen-bond donors (Lipinski definition) is 2. The highest BCUT2D eigenvalue weighted by Gasteiger charge is 2.20. The molecule has 20 heavy (non-hydrogen) atoms. The number of carbonyl (C=O) groups excluding carboxylic acids is 1. The Labute approximate surface area is 120 Å². The highest BCUT2D eigenvalue weighted by molar-refractivity contribution is 5.78. The minimum absolute atomic E-state index is 0.161. The fourth-order valence-corrected chi connectivity index (χ4v) is 2.70. The third-order valence-corrected chi connectivity index (χ3v) is 3.82. The number of rotatable bonds is 5. The summed E-state index contributed by atoms with van der Waals surface area (Å²) in [6.45, 7) is 2.89.